The fourth-order valence-corrected chi connectivity index (χ4v) is 3.07. The van der Waals surface area contributed by atoms with Crippen LogP contribution in [0.4, 0.5) is 0 Å². The van der Waals surface area contributed by atoms with E-state index in [4.69, 9.17) is 0 Å². The number of hydrogen-bond donors (Lipinski definition) is 1. The molecule has 1 nitrogen and oxygen atoms in total. The molecule has 114 valence electrons. The first-order valence-corrected chi connectivity index (χ1v) is 8.29. The van der Waals surface area contributed by atoms with Gasteiger partial charge in [0.15, 0.2) is 0 Å². The lowest BCUT2D eigenvalue weighted by molar-refractivity contribution is 0.555. The van der Waals surface area contributed by atoms with Crippen molar-refractivity contribution in [3.05, 3.63) is 33.3 Å². The summed E-state index contributed by atoms with van der Waals surface area (Å²) >= 11 is 3.83. The third kappa shape index (κ3) is 4.60. The molecule has 0 saturated heterocycles. The first-order valence-electron chi connectivity index (χ1n) is 7.49. The number of rotatable bonds is 3. The van der Waals surface area contributed by atoms with Gasteiger partial charge in [-0.25, -0.2) is 0 Å². The average Bonchev–Trinajstić information content (AvgIpc) is 2.24. The van der Waals surface area contributed by atoms with Crippen molar-refractivity contribution in [1.82, 2.24) is 5.32 Å². The highest BCUT2D eigenvalue weighted by Crippen LogP contribution is 2.36. The molecular formula is C18H30BrN. The van der Waals surface area contributed by atoms with Gasteiger partial charge in [-0.1, -0.05) is 83.5 Å². The maximum atomic E-state index is 3.83. The second-order valence-electron chi connectivity index (χ2n) is 8.03. The van der Waals surface area contributed by atoms with Crippen LogP contribution in [0.25, 0.3) is 0 Å². The van der Waals surface area contributed by atoms with Gasteiger partial charge in [0.2, 0.25) is 0 Å². The summed E-state index contributed by atoms with van der Waals surface area (Å²) in [6, 6.07) is 5.20. The standard InChI is InChI=1S/C18H30BrN/c1-12(2)20-11-13-9-14(17(3,4)5)10-15(16(13)19)18(6,7)8/h9-10,12,20H,11H2,1-8H3. The number of halogens is 1. The quantitative estimate of drug-likeness (QED) is 0.761. The van der Waals surface area contributed by atoms with Gasteiger partial charge in [-0.05, 0) is 27.5 Å². The van der Waals surface area contributed by atoms with Crippen molar-refractivity contribution in [2.75, 3.05) is 0 Å². The van der Waals surface area contributed by atoms with E-state index in [1.54, 1.807) is 0 Å². The summed E-state index contributed by atoms with van der Waals surface area (Å²) in [5, 5.41) is 3.53. The highest BCUT2D eigenvalue weighted by molar-refractivity contribution is 9.10. The molecule has 1 aromatic carbocycles. The van der Waals surface area contributed by atoms with E-state index in [1.807, 2.05) is 0 Å². The highest BCUT2D eigenvalue weighted by Gasteiger charge is 2.23. The molecule has 0 atom stereocenters. The Labute approximate surface area is 133 Å². The lowest BCUT2D eigenvalue weighted by Gasteiger charge is -2.28. The van der Waals surface area contributed by atoms with Crippen molar-refractivity contribution >= 4 is 15.9 Å². The molecule has 0 fully saturated rings. The van der Waals surface area contributed by atoms with Gasteiger partial charge in [0, 0.05) is 17.1 Å². The normalized spacial score (nSPS) is 13.1. The topological polar surface area (TPSA) is 12.0 Å². The molecule has 0 spiro atoms. The number of hydrogen-bond acceptors (Lipinski definition) is 1. The van der Waals surface area contributed by atoms with Crippen molar-refractivity contribution in [2.45, 2.75) is 78.8 Å². The first kappa shape index (κ1) is 17.7. The molecule has 1 N–H and O–H groups in total. The minimum Gasteiger partial charge on any atom is -0.310 e. The predicted molar refractivity (Wildman–Crippen MR) is 93.5 cm³/mol. The van der Waals surface area contributed by atoms with Crippen molar-refractivity contribution in [3.8, 4) is 0 Å². The van der Waals surface area contributed by atoms with Gasteiger partial charge >= 0.3 is 0 Å². The minimum atomic E-state index is 0.146. The molecule has 0 bridgehead atoms. The van der Waals surface area contributed by atoms with E-state index in [0.29, 0.717) is 6.04 Å². The summed E-state index contributed by atoms with van der Waals surface area (Å²) in [5.74, 6) is 0. The van der Waals surface area contributed by atoms with Gasteiger partial charge in [-0.15, -0.1) is 0 Å². The summed E-state index contributed by atoms with van der Waals surface area (Å²) in [5.41, 5.74) is 4.48. The SMILES string of the molecule is CC(C)NCc1cc(C(C)(C)C)cc(C(C)(C)C)c1Br. The van der Waals surface area contributed by atoms with Crippen LogP contribution in [0.2, 0.25) is 0 Å². The van der Waals surface area contributed by atoms with Gasteiger partial charge in [0.05, 0.1) is 0 Å². The molecule has 0 aromatic heterocycles. The molecule has 0 saturated carbocycles. The largest absolute Gasteiger partial charge is 0.310 e. The highest BCUT2D eigenvalue weighted by atomic mass is 79.9. The first-order chi connectivity index (χ1) is 8.93. The summed E-state index contributed by atoms with van der Waals surface area (Å²) in [7, 11) is 0. The van der Waals surface area contributed by atoms with Gasteiger partial charge in [0.25, 0.3) is 0 Å². The van der Waals surface area contributed by atoms with Crippen molar-refractivity contribution in [3.63, 3.8) is 0 Å². The van der Waals surface area contributed by atoms with Crippen LogP contribution in [0.15, 0.2) is 16.6 Å². The van der Waals surface area contributed by atoms with Gasteiger partial charge in [0.1, 0.15) is 0 Å². The lowest BCUT2D eigenvalue weighted by Crippen LogP contribution is -2.24. The summed E-state index contributed by atoms with van der Waals surface area (Å²) < 4.78 is 1.26. The minimum absolute atomic E-state index is 0.146. The zero-order chi connectivity index (χ0) is 15.7. The third-order valence-electron chi connectivity index (χ3n) is 3.52. The Morgan fingerprint density at radius 2 is 1.55 bits per heavy atom. The van der Waals surface area contributed by atoms with Crippen LogP contribution in [-0.4, -0.2) is 6.04 Å². The third-order valence-corrected chi connectivity index (χ3v) is 4.46. The molecule has 1 rings (SSSR count). The molecule has 20 heavy (non-hydrogen) atoms. The van der Waals surface area contributed by atoms with E-state index in [1.165, 1.54) is 21.2 Å². The number of benzene rings is 1. The summed E-state index contributed by atoms with van der Waals surface area (Å²) in [6.45, 7) is 19.0. The van der Waals surface area contributed by atoms with Crippen LogP contribution >= 0.6 is 15.9 Å². The zero-order valence-electron chi connectivity index (χ0n) is 14.3. The van der Waals surface area contributed by atoms with Crippen LogP contribution in [0, 0.1) is 0 Å². The molecule has 2 heteroatoms. The van der Waals surface area contributed by atoms with Crippen LogP contribution in [0.3, 0.4) is 0 Å². The Hall–Kier alpha value is -0.340. The van der Waals surface area contributed by atoms with E-state index in [-0.39, 0.29) is 10.8 Å². The molecule has 0 aliphatic carbocycles. The van der Waals surface area contributed by atoms with Crippen molar-refractivity contribution in [2.24, 2.45) is 0 Å². The van der Waals surface area contributed by atoms with Crippen LogP contribution < -0.4 is 5.32 Å². The molecule has 0 unspecified atom stereocenters. The van der Waals surface area contributed by atoms with Crippen LogP contribution in [0.5, 0.6) is 0 Å². The van der Waals surface area contributed by atoms with Crippen LogP contribution in [0.1, 0.15) is 72.1 Å². The van der Waals surface area contributed by atoms with Gasteiger partial charge in [-0.2, -0.15) is 0 Å². The maximum absolute atomic E-state index is 3.83. The predicted octanol–water partition coefficient (Wildman–Crippen LogP) is 5.54. The van der Waals surface area contributed by atoms with E-state index in [2.05, 4.69) is 88.8 Å². The van der Waals surface area contributed by atoms with Crippen LogP contribution in [-0.2, 0) is 17.4 Å². The Balaban J connectivity index is 3.35. The Kier molecular flexibility index (Phi) is 5.48. The summed E-state index contributed by atoms with van der Waals surface area (Å²) in [6.07, 6.45) is 0. The van der Waals surface area contributed by atoms with E-state index in [0.717, 1.165) is 6.54 Å². The smallest absolute Gasteiger partial charge is 0.0257 e. The second kappa shape index (κ2) is 6.19. The molecular weight excluding hydrogens is 310 g/mol. The molecule has 0 aliphatic rings. The number of nitrogens with one attached hydrogen (secondary N) is 1. The molecule has 1 aromatic rings. The lowest BCUT2D eigenvalue weighted by atomic mass is 9.79. The summed E-state index contributed by atoms with van der Waals surface area (Å²) in [4.78, 5) is 0. The Morgan fingerprint density at radius 1 is 1.00 bits per heavy atom. The van der Waals surface area contributed by atoms with E-state index < -0.39 is 0 Å². The van der Waals surface area contributed by atoms with Crippen molar-refractivity contribution < 1.29 is 0 Å². The fourth-order valence-electron chi connectivity index (χ4n) is 2.11. The van der Waals surface area contributed by atoms with Gasteiger partial charge in [-0.3, -0.25) is 0 Å². The Bertz CT molecular complexity index is 462. The van der Waals surface area contributed by atoms with E-state index in [9.17, 15) is 0 Å². The second-order valence-corrected chi connectivity index (χ2v) is 8.83. The van der Waals surface area contributed by atoms with Gasteiger partial charge < -0.3 is 5.32 Å². The Morgan fingerprint density at radius 3 is 1.95 bits per heavy atom. The zero-order valence-corrected chi connectivity index (χ0v) is 15.9. The fraction of sp³-hybridized carbons (Fsp3) is 0.667. The maximum Gasteiger partial charge on any atom is 0.0257 e. The van der Waals surface area contributed by atoms with Crippen molar-refractivity contribution in [1.29, 1.82) is 0 Å². The molecule has 0 heterocycles. The monoisotopic (exact) mass is 339 g/mol. The molecule has 0 amide bonds. The molecule has 0 aliphatic heterocycles. The average molecular weight is 340 g/mol. The molecule has 0 radical (unpaired) electrons. The van der Waals surface area contributed by atoms with E-state index >= 15 is 0 Å².